The van der Waals surface area contributed by atoms with E-state index in [2.05, 4.69) is 0 Å². The van der Waals surface area contributed by atoms with E-state index in [4.69, 9.17) is 4.18 Å². The number of thiol groups is 1. The Balaban J connectivity index is 4.13. The molecule has 0 aromatic rings. The van der Waals surface area contributed by atoms with Gasteiger partial charge in [-0.05, 0) is 38.4 Å². The van der Waals surface area contributed by atoms with E-state index < -0.39 is 16.6 Å². The smallest absolute Gasteiger partial charge is 0.321 e. The SMILES string of the molecule is CCCC(=O)[SH](C)OC(=O)C(C)(C)C. The van der Waals surface area contributed by atoms with E-state index in [0.29, 0.717) is 6.42 Å². The summed E-state index contributed by atoms with van der Waals surface area (Å²) in [5.41, 5.74) is -0.525. The molecule has 0 amide bonds. The number of rotatable bonds is 2. The fourth-order valence-electron chi connectivity index (χ4n) is 0.684. The van der Waals surface area contributed by atoms with Gasteiger partial charge >= 0.3 is 5.97 Å². The molecule has 0 aliphatic carbocycles. The molecular formula is C10H20O3S. The van der Waals surface area contributed by atoms with E-state index in [9.17, 15) is 9.59 Å². The maximum absolute atomic E-state index is 11.4. The molecule has 84 valence electrons. The second kappa shape index (κ2) is 5.39. The van der Waals surface area contributed by atoms with Gasteiger partial charge in [0.2, 0.25) is 5.12 Å². The average Bonchev–Trinajstić information content (AvgIpc) is 2.02. The Morgan fingerprint density at radius 2 is 1.79 bits per heavy atom. The predicted octanol–water partition coefficient (Wildman–Crippen LogP) is 2.45. The Hall–Kier alpha value is -0.510. The Morgan fingerprint density at radius 1 is 1.29 bits per heavy atom. The molecule has 1 unspecified atom stereocenters. The number of carbonyl (C=O) groups is 2. The lowest BCUT2D eigenvalue weighted by molar-refractivity contribution is -0.142. The quantitative estimate of drug-likeness (QED) is 0.727. The van der Waals surface area contributed by atoms with Crippen molar-refractivity contribution < 1.29 is 13.8 Å². The average molecular weight is 220 g/mol. The lowest BCUT2D eigenvalue weighted by Crippen LogP contribution is -2.22. The Kier molecular flexibility index (Phi) is 5.19. The first-order chi connectivity index (χ1) is 6.29. The van der Waals surface area contributed by atoms with Crippen LogP contribution in [0.2, 0.25) is 0 Å². The maximum Gasteiger partial charge on any atom is 0.321 e. The molecule has 0 bridgehead atoms. The highest BCUT2D eigenvalue weighted by Crippen LogP contribution is 2.29. The van der Waals surface area contributed by atoms with Crippen LogP contribution in [0.3, 0.4) is 0 Å². The predicted molar refractivity (Wildman–Crippen MR) is 60.4 cm³/mol. The van der Waals surface area contributed by atoms with Gasteiger partial charge in [-0.25, -0.2) is 0 Å². The van der Waals surface area contributed by atoms with Crippen LogP contribution in [-0.2, 0) is 13.8 Å². The monoisotopic (exact) mass is 220 g/mol. The van der Waals surface area contributed by atoms with Gasteiger partial charge in [0.15, 0.2) is 0 Å². The van der Waals surface area contributed by atoms with Gasteiger partial charge in [0, 0.05) is 12.7 Å². The van der Waals surface area contributed by atoms with E-state index >= 15 is 0 Å². The van der Waals surface area contributed by atoms with Crippen LogP contribution in [0.4, 0.5) is 0 Å². The van der Waals surface area contributed by atoms with Crippen LogP contribution in [0.1, 0.15) is 40.5 Å². The van der Waals surface area contributed by atoms with Crippen molar-refractivity contribution >= 4 is 22.3 Å². The second-order valence-corrected chi connectivity index (χ2v) is 5.95. The Morgan fingerprint density at radius 3 is 2.14 bits per heavy atom. The van der Waals surface area contributed by atoms with Crippen LogP contribution in [0.25, 0.3) is 0 Å². The summed E-state index contributed by atoms with van der Waals surface area (Å²) in [4.78, 5) is 22.8. The third-order valence-electron chi connectivity index (χ3n) is 1.65. The molecule has 0 aliphatic rings. The lowest BCUT2D eigenvalue weighted by atomic mass is 9.98. The highest BCUT2D eigenvalue weighted by molar-refractivity contribution is 8.25. The first kappa shape index (κ1) is 13.5. The van der Waals surface area contributed by atoms with Crippen LogP contribution in [-0.4, -0.2) is 17.3 Å². The van der Waals surface area contributed by atoms with E-state index in [1.54, 1.807) is 27.0 Å². The molecule has 14 heavy (non-hydrogen) atoms. The number of carbonyl (C=O) groups excluding carboxylic acids is 2. The van der Waals surface area contributed by atoms with Gasteiger partial charge in [-0.3, -0.25) is 9.59 Å². The van der Waals surface area contributed by atoms with Gasteiger partial charge in [-0.1, -0.05) is 6.92 Å². The van der Waals surface area contributed by atoms with Crippen molar-refractivity contribution in [1.29, 1.82) is 0 Å². The van der Waals surface area contributed by atoms with Gasteiger partial charge in [0.1, 0.15) is 0 Å². The Bertz CT molecular complexity index is 218. The van der Waals surface area contributed by atoms with E-state index in [1.807, 2.05) is 6.92 Å². The zero-order valence-corrected chi connectivity index (χ0v) is 10.5. The molecule has 0 rings (SSSR count). The van der Waals surface area contributed by atoms with E-state index in [1.165, 1.54) is 0 Å². The fraction of sp³-hybridized carbons (Fsp3) is 0.800. The minimum absolute atomic E-state index is 0.0556. The van der Waals surface area contributed by atoms with Gasteiger partial charge in [0.25, 0.3) is 0 Å². The standard InChI is InChI=1S/C10H20O3S/c1-6-7-8(11)14(5)13-9(12)10(2,3)4/h14H,6-7H2,1-5H3. The minimum Gasteiger partial charge on any atom is -0.411 e. The van der Waals surface area contributed by atoms with Crippen LogP contribution in [0.5, 0.6) is 0 Å². The molecule has 1 atom stereocenters. The van der Waals surface area contributed by atoms with Crippen molar-refractivity contribution in [2.45, 2.75) is 40.5 Å². The lowest BCUT2D eigenvalue weighted by Gasteiger charge is -2.21. The zero-order chi connectivity index (χ0) is 11.4. The van der Waals surface area contributed by atoms with Crippen LogP contribution in [0.15, 0.2) is 0 Å². The van der Waals surface area contributed by atoms with Gasteiger partial charge in [0.05, 0.1) is 5.41 Å². The summed E-state index contributed by atoms with van der Waals surface area (Å²) < 4.78 is 5.11. The summed E-state index contributed by atoms with van der Waals surface area (Å²) in [5, 5.41) is 0.0556. The molecule has 0 fully saturated rings. The van der Waals surface area contributed by atoms with Crippen LogP contribution < -0.4 is 0 Å². The molecule has 0 heterocycles. The van der Waals surface area contributed by atoms with Gasteiger partial charge in [-0.2, -0.15) is 0 Å². The van der Waals surface area contributed by atoms with E-state index in [0.717, 1.165) is 6.42 Å². The summed E-state index contributed by atoms with van der Waals surface area (Å²) in [6.07, 6.45) is 3.00. The summed E-state index contributed by atoms with van der Waals surface area (Å²) in [6.45, 7) is 7.28. The molecule has 0 aromatic carbocycles. The number of hydrogen-bond donors (Lipinski definition) is 1. The van der Waals surface area contributed by atoms with Crippen molar-refractivity contribution in [2.24, 2.45) is 5.41 Å². The summed E-state index contributed by atoms with van der Waals surface area (Å²) >= 11 is -1.24. The van der Waals surface area contributed by atoms with Crippen molar-refractivity contribution in [1.82, 2.24) is 0 Å². The molecule has 0 spiro atoms. The third kappa shape index (κ3) is 4.65. The van der Waals surface area contributed by atoms with Crippen molar-refractivity contribution in [3.8, 4) is 0 Å². The molecular weight excluding hydrogens is 200 g/mol. The molecule has 3 nitrogen and oxygen atoms in total. The molecule has 0 aliphatic heterocycles. The summed E-state index contributed by atoms with van der Waals surface area (Å²) in [5.74, 6) is -0.296. The molecule has 0 aromatic heterocycles. The first-order valence-electron chi connectivity index (χ1n) is 4.78. The topological polar surface area (TPSA) is 43.4 Å². The molecule has 0 radical (unpaired) electrons. The van der Waals surface area contributed by atoms with Gasteiger partial charge in [-0.15, -0.1) is 0 Å². The van der Waals surface area contributed by atoms with E-state index in [-0.39, 0.29) is 11.1 Å². The second-order valence-electron chi connectivity index (χ2n) is 4.27. The molecule has 0 saturated carbocycles. The fourth-order valence-corrected chi connectivity index (χ4v) is 1.85. The van der Waals surface area contributed by atoms with Crippen molar-refractivity contribution in [3.05, 3.63) is 0 Å². The molecule has 0 saturated heterocycles. The molecule has 0 N–H and O–H groups in total. The number of hydrogen-bond acceptors (Lipinski definition) is 3. The minimum atomic E-state index is -1.24. The van der Waals surface area contributed by atoms with Crippen LogP contribution >= 0.6 is 11.2 Å². The normalized spacial score (nSPS) is 14.8. The largest absolute Gasteiger partial charge is 0.411 e. The summed E-state index contributed by atoms with van der Waals surface area (Å²) in [7, 11) is 0. The highest BCUT2D eigenvalue weighted by atomic mass is 32.2. The Labute approximate surface area is 88.8 Å². The maximum atomic E-state index is 11.4. The first-order valence-corrected chi connectivity index (χ1v) is 6.48. The third-order valence-corrected chi connectivity index (χ3v) is 3.01. The summed E-state index contributed by atoms with van der Waals surface area (Å²) in [6, 6.07) is 0. The molecule has 4 heteroatoms. The zero-order valence-electron chi connectivity index (χ0n) is 9.59. The van der Waals surface area contributed by atoms with Gasteiger partial charge < -0.3 is 4.18 Å². The van der Waals surface area contributed by atoms with Crippen molar-refractivity contribution in [3.63, 3.8) is 0 Å². The highest BCUT2D eigenvalue weighted by Gasteiger charge is 2.25. The van der Waals surface area contributed by atoms with Crippen LogP contribution in [0, 0.1) is 5.41 Å². The van der Waals surface area contributed by atoms with Crippen molar-refractivity contribution in [2.75, 3.05) is 6.26 Å².